The molecule has 0 saturated heterocycles. The molecule has 1 aliphatic heterocycles. The number of fused-ring (bicyclic) bond motifs is 6. The highest BCUT2D eigenvalue weighted by molar-refractivity contribution is 6.12. The number of aromatic nitrogens is 1. The maximum atomic E-state index is 6.18. The van der Waals surface area contributed by atoms with E-state index in [2.05, 4.69) is 167 Å². The second kappa shape index (κ2) is 11.6. The molecule has 0 bridgehead atoms. The van der Waals surface area contributed by atoms with E-state index in [9.17, 15) is 0 Å². The van der Waals surface area contributed by atoms with E-state index in [1.54, 1.807) is 0 Å². The van der Waals surface area contributed by atoms with Crippen LogP contribution in [0.25, 0.3) is 60.6 Å². The maximum absolute atomic E-state index is 6.18. The standard InChI is InChI=1S/C45H32N4O/c1-3-11-29(12-4-1)30-19-21-32(22-20-30)44-46-43(31-13-5-2-6-14-31)47-45(48-44)33-23-25-36-35-15-7-9-17-39(35)49(40(36)27-33)34-24-26-42-38(28-34)37-16-8-10-18-41(37)50-42/h1-28,43-44,46H,(H,47,48). The first-order chi connectivity index (χ1) is 24.8. The molecule has 7 aromatic carbocycles. The number of hydrogen-bond acceptors (Lipinski definition) is 4. The first-order valence-corrected chi connectivity index (χ1v) is 17.0. The molecule has 0 radical (unpaired) electrons. The van der Waals surface area contributed by atoms with Crippen molar-refractivity contribution in [3.8, 4) is 16.8 Å². The van der Waals surface area contributed by atoms with Crippen LogP contribution in [-0.2, 0) is 0 Å². The Balaban J connectivity index is 1.10. The molecule has 2 N–H and O–H groups in total. The van der Waals surface area contributed by atoms with E-state index in [1.165, 1.54) is 21.9 Å². The molecule has 2 unspecified atom stereocenters. The molecule has 0 saturated carbocycles. The van der Waals surface area contributed by atoms with Crippen molar-refractivity contribution in [1.82, 2.24) is 15.2 Å². The summed E-state index contributed by atoms with van der Waals surface area (Å²) in [6.45, 7) is 0. The lowest BCUT2D eigenvalue weighted by Crippen LogP contribution is -2.44. The van der Waals surface area contributed by atoms with E-state index in [0.717, 1.165) is 61.2 Å². The van der Waals surface area contributed by atoms with Crippen LogP contribution in [0.1, 0.15) is 29.0 Å². The van der Waals surface area contributed by atoms with Crippen LogP contribution in [0.3, 0.4) is 0 Å². The Morgan fingerprint density at radius 2 is 1.14 bits per heavy atom. The fourth-order valence-corrected chi connectivity index (χ4v) is 7.43. The molecule has 5 nitrogen and oxygen atoms in total. The molecule has 5 heteroatoms. The fraction of sp³-hybridized carbons (Fsp3) is 0.0444. The van der Waals surface area contributed by atoms with Crippen LogP contribution in [-0.4, -0.2) is 10.4 Å². The lowest BCUT2D eigenvalue weighted by atomic mass is 10.0. The van der Waals surface area contributed by atoms with E-state index in [1.807, 2.05) is 18.2 Å². The summed E-state index contributed by atoms with van der Waals surface area (Å²) in [6.07, 6.45) is -0.361. The molecule has 2 atom stereocenters. The molecular weight excluding hydrogens is 613 g/mol. The molecule has 0 fully saturated rings. The summed E-state index contributed by atoms with van der Waals surface area (Å²) in [4.78, 5) is 5.27. The van der Waals surface area contributed by atoms with E-state index < -0.39 is 0 Å². The van der Waals surface area contributed by atoms with Crippen LogP contribution in [0.5, 0.6) is 0 Å². The molecule has 10 rings (SSSR count). The number of para-hydroxylation sites is 2. The second-order valence-electron chi connectivity index (χ2n) is 12.9. The highest BCUT2D eigenvalue weighted by Gasteiger charge is 2.26. The third kappa shape index (κ3) is 4.79. The van der Waals surface area contributed by atoms with Gasteiger partial charge in [-0.25, -0.2) is 4.99 Å². The lowest BCUT2D eigenvalue weighted by Gasteiger charge is -2.32. The molecule has 238 valence electrons. The number of rotatable bonds is 5. The number of hydrogen-bond donors (Lipinski definition) is 2. The van der Waals surface area contributed by atoms with Gasteiger partial charge in [0.25, 0.3) is 0 Å². The Labute approximate surface area is 289 Å². The van der Waals surface area contributed by atoms with Crippen LogP contribution in [0.15, 0.2) is 179 Å². The first kappa shape index (κ1) is 28.6. The van der Waals surface area contributed by atoms with Gasteiger partial charge in [-0.2, -0.15) is 0 Å². The highest BCUT2D eigenvalue weighted by Crippen LogP contribution is 2.36. The van der Waals surface area contributed by atoms with Gasteiger partial charge in [0.2, 0.25) is 0 Å². The number of benzene rings is 7. The Hall–Kier alpha value is -6.43. The third-order valence-electron chi connectivity index (χ3n) is 9.90. The minimum Gasteiger partial charge on any atom is -0.456 e. The molecule has 0 spiro atoms. The van der Waals surface area contributed by atoms with Gasteiger partial charge in [-0.1, -0.05) is 133 Å². The van der Waals surface area contributed by atoms with Crippen molar-refractivity contribution in [2.45, 2.75) is 12.3 Å². The minimum absolute atomic E-state index is 0.143. The van der Waals surface area contributed by atoms with Crippen LogP contribution in [0.2, 0.25) is 0 Å². The molecule has 3 heterocycles. The van der Waals surface area contributed by atoms with Crippen molar-refractivity contribution in [2.75, 3.05) is 0 Å². The van der Waals surface area contributed by atoms with Crippen molar-refractivity contribution >= 4 is 49.6 Å². The molecule has 9 aromatic rings. The quantitative estimate of drug-likeness (QED) is 0.196. The fourth-order valence-electron chi connectivity index (χ4n) is 7.43. The summed E-state index contributed by atoms with van der Waals surface area (Å²) < 4.78 is 8.55. The van der Waals surface area contributed by atoms with Gasteiger partial charge in [0.15, 0.2) is 0 Å². The monoisotopic (exact) mass is 644 g/mol. The van der Waals surface area contributed by atoms with Crippen molar-refractivity contribution in [3.05, 3.63) is 187 Å². The van der Waals surface area contributed by atoms with Crippen molar-refractivity contribution < 1.29 is 4.42 Å². The van der Waals surface area contributed by atoms with Gasteiger partial charge < -0.3 is 14.3 Å². The van der Waals surface area contributed by atoms with Gasteiger partial charge in [-0.3, -0.25) is 5.32 Å². The van der Waals surface area contributed by atoms with Crippen LogP contribution in [0, 0.1) is 0 Å². The summed E-state index contributed by atoms with van der Waals surface area (Å²) in [5.74, 6) is 0.852. The molecule has 50 heavy (non-hydrogen) atoms. The summed E-state index contributed by atoms with van der Waals surface area (Å²) in [5, 5.41) is 12.2. The van der Waals surface area contributed by atoms with Gasteiger partial charge in [-0.05, 0) is 58.7 Å². The SMILES string of the molecule is c1ccc(-c2ccc(C3NC(c4ccc5c6ccccc6n(-c6ccc7oc8ccccc8c7c6)c5c4)=NC(c4ccccc4)N3)cc2)cc1. The summed E-state index contributed by atoms with van der Waals surface area (Å²) in [7, 11) is 0. The lowest BCUT2D eigenvalue weighted by molar-refractivity contribution is 0.409. The Morgan fingerprint density at radius 3 is 1.98 bits per heavy atom. The molecular formula is C45H32N4O. The predicted molar refractivity (Wildman–Crippen MR) is 205 cm³/mol. The van der Waals surface area contributed by atoms with Crippen LogP contribution < -0.4 is 10.6 Å². The Morgan fingerprint density at radius 1 is 0.480 bits per heavy atom. The second-order valence-corrected chi connectivity index (χ2v) is 12.9. The van der Waals surface area contributed by atoms with Gasteiger partial charge in [-0.15, -0.1) is 0 Å². The number of amidine groups is 1. The zero-order valence-corrected chi connectivity index (χ0v) is 27.1. The predicted octanol–water partition coefficient (Wildman–Crippen LogP) is 10.7. The third-order valence-corrected chi connectivity index (χ3v) is 9.90. The molecule has 1 aliphatic rings. The average Bonchev–Trinajstić information content (AvgIpc) is 3.73. The van der Waals surface area contributed by atoms with Crippen LogP contribution in [0.4, 0.5) is 0 Å². The number of aliphatic imine (C=N–C) groups is 1. The summed E-state index contributed by atoms with van der Waals surface area (Å²) in [6, 6.07) is 59.8. The van der Waals surface area contributed by atoms with Crippen molar-refractivity contribution in [2.24, 2.45) is 4.99 Å². The average molecular weight is 645 g/mol. The van der Waals surface area contributed by atoms with Gasteiger partial charge >= 0.3 is 0 Å². The Kier molecular flexibility index (Phi) is 6.64. The first-order valence-electron chi connectivity index (χ1n) is 17.0. The maximum Gasteiger partial charge on any atom is 0.135 e. The summed E-state index contributed by atoms with van der Waals surface area (Å²) >= 11 is 0. The zero-order valence-electron chi connectivity index (χ0n) is 27.1. The number of nitrogens with zero attached hydrogens (tertiary/aromatic N) is 2. The minimum atomic E-state index is -0.218. The van der Waals surface area contributed by atoms with Crippen molar-refractivity contribution in [3.63, 3.8) is 0 Å². The summed E-state index contributed by atoms with van der Waals surface area (Å²) in [5.41, 5.74) is 10.9. The molecule has 0 aliphatic carbocycles. The van der Waals surface area contributed by atoms with E-state index >= 15 is 0 Å². The topological polar surface area (TPSA) is 54.5 Å². The molecule has 0 amide bonds. The number of furan rings is 1. The zero-order chi connectivity index (χ0) is 33.0. The normalized spacial score (nSPS) is 16.2. The van der Waals surface area contributed by atoms with E-state index in [0.29, 0.717) is 0 Å². The van der Waals surface area contributed by atoms with Gasteiger partial charge in [0.1, 0.15) is 29.3 Å². The highest BCUT2D eigenvalue weighted by atomic mass is 16.3. The van der Waals surface area contributed by atoms with Crippen molar-refractivity contribution in [1.29, 1.82) is 0 Å². The number of nitrogens with one attached hydrogen (secondary N) is 2. The Bertz CT molecular complexity index is 2710. The smallest absolute Gasteiger partial charge is 0.135 e. The van der Waals surface area contributed by atoms with Gasteiger partial charge in [0.05, 0.1) is 11.0 Å². The van der Waals surface area contributed by atoms with Crippen LogP contribution >= 0.6 is 0 Å². The largest absolute Gasteiger partial charge is 0.456 e. The molecule has 2 aromatic heterocycles. The van der Waals surface area contributed by atoms with E-state index in [4.69, 9.17) is 9.41 Å². The van der Waals surface area contributed by atoms with Gasteiger partial charge in [0, 0.05) is 32.8 Å². The van der Waals surface area contributed by atoms with E-state index in [-0.39, 0.29) is 12.3 Å².